The van der Waals surface area contributed by atoms with Crippen molar-refractivity contribution in [3.8, 4) is 5.75 Å². The van der Waals surface area contributed by atoms with Gasteiger partial charge in [0.1, 0.15) is 10.6 Å². The Bertz CT molecular complexity index is 485. The zero-order chi connectivity index (χ0) is 13.6. The van der Waals surface area contributed by atoms with Crippen molar-refractivity contribution in [1.82, 2.24) is 0 Å². The van der Waals surface area contributed by atoms with Crippen LogP contribution in [0.3, 0.4) is 0 Å². The van der Waals surface area contributed by atoms with Crippen LogP contribution >= 0.6 is 0 Å². The van der Waals surface area contributed by atoms with Crippen LogP contribution in [0, 0.1) is 0 Å². The summed E-state index contributed by atoms with van der Waals surface area (Å²) in [5.74, 6) is 0.373. The summed E-state index contributed by atoms with van der Waals surface area (Å²) in [7, 11) is -0.312. The highest BCUT2D eigenvalue weighted by molar-refractivity contribution is 7.91. The molecule has 0 aliphatic carbocycles. The number of nitrogens with two attached hydrogens (primary N) is 1. The number of ether oxygens (including phenoxy) is 2. The van der Waals surface area contributed by atoms with Crippen LogP contribution in [0.25, 0.3) is 0 Å². The number of hydrogen-bond donors (Lipinski definition) is 1. The van der Waals surface area contributed by atoms with Gasteiger partial charge in [-0.05, 0) is 25.0 Å². The average molecular weight is 273 g/mol. The molecule has 1 aromatic rings. The maximum Gasteiger partial charge on any atom is 0.182 e. The standard InChI is InChI=1S/C12H19NO4S/c1-16-7-3-4-8-18(14,15)12-6-5-10(13)9-11(12)17-2/h5-6,9H,3-4,7-8,13H2,1-2H3. The molecule has 0 bridgehead atoms. The van der Waals surface area contributed by atoms with Gasteiger partial charge in [0.15, 0.2) is 9.84 Å². The summed E-state index contributed by atoms with van der Waals surface area (Å²) < 4.78 is 34.2. The monoisotopic (exact) mass is 273 g/mol. The van der Waals surface area contributed by atoms with Gasteiger partial charge in [-0.15, -0.1) is 0 Å². The van der Waals surface area contributed by atoms with Gasteiger partial charge in [-0.1, -0.05) is 0 Å². The third-order valence-electron chi connectivity index (χ3n) is 2.53. The van der Waals surface area contributed by atoms with Gasteiger partial charge in [0.25, 0.3) is 0 Å². The zero-order valence-corrected chi connectivity index (χ0v) is 11.5. The highest BCUT2D eigenvalue weighted by atomic mass is 32.2. The van der Waals surface area contributed by atoms with Crippen LogP contribution in [-0.4, -0.2) is 35.0 Å². The van der Waals surface area contributed by atoms with E-state index in [4.69, 9.17) is 15.2 Å². The number of methoxy groups -OCH3 is 2. The highest BCUT2D eigenvalue weighted by Crippen LogP contribution is 2.27. The lowest BCUT2D eigenvalue weighted by Crippen LogP contribution is -2.09. The van der Waals surface area contributed by atoms with E-state index in [1.807, 2.05) is 0 Å². The fourth-order valence-corrected chi connectivity index (χ4v) is 3.12. The molecule has 6 heteroatoms. The molecule has 102 valence electrons. The van der Waals surface area contributed by atoms with Gasteiger partial charge < -0.3 is 15.2 Å². The summed E-state index contributed by atoms with van der Waals surface area (Å²) in [5, 5.41) is 0. The second kappa shape index (κ2) is 6.61. The molecule has 0 atom stereocenters. The van der Waals surface area contributed by atoms with Crippen molar-refractivity contribution in [1.29, 1.82) is 0 Å². The van der Waals surface area contributed by atoms with E-state index in [2.05, 4.69) is 0 Å². The Balaban J connectivity index is 2.84. The predicted octanol–water partition coefficient (Wildman–Crippen LogP) is 1.48. The van der Waals surface area contributed by atoms with E-state index in [-0.39, 0.29) is 10.6 Å². The van der Waals surface area contributed by atoms with E-state index >= 15 is 0 Å². The van der Waals surface area contributed by atoms with Gasteiger partial charge >= 0.3 is 0 Å². The number of sulfone groups is 1. The second-order valence-corrected chi connectivity index (χ2v) is 6.01. The Labute approximate surface area is 108 Å². The molecule has 18 heavy (non-hydrogen) atoms. The summed E-state index contributed by atoms with van der Waals surface area (Å²) in [6.45, 7) is 0.564. The molecule has 0 aromatic heterocycles. The molecule has 0 spiro atoms. The first kappa shape index (κ1) is 14.8. The maximum absolute atomic E-state index is 12.1. The molecule has 0 radical (unpaired) electrons. The molecular formula is C12H19NO4S. The van der Waals surface area contributed by atoms with Crippen LogP contribution in [-0.2, 0) is 14.6 Å². The molecule has 0 heterocycles. The van der Waals surface area contributed by atoms with Crippen molar-refractivity contribution in [2.75, 3.05) is 32.3 Å². The topological polar surface area (TPSA) is 78.6 Å². The lowest BCUT2D eigenvalue weighted by atomic mass is 10.3. The van der Waals surface area contributed by atoms with Crippen molar-refractivity contribution >= 4 is 15.5 Å². The van der Waals surface area contributed by atoms with Crippen LogP contribution < -0.4 is 10.5 Å². The van der Waals surface area contributed by atoms with Gasteiger partial charge in [0.2, 0.25) is 0 Å². The number of hydrogen-bond acceptors (Lipinski definition) is 5. The SMILES string of the molecule is COCCCCS(=O)(=O)c1ccc(N)cc1OC. The molecule has 0 saturated carbocycles. The molecule has 1 rings (SSSR count). The first-order valence-corrected chi connectivity index (χ1v) is 7.31. The lowest BCUT2D eigenvalue weighted by Gasteiger charge is -2.10. The summed E-state index contributed by atoms with van der Waals surface area (Å²) in [5.41, 5.74) is 6.07. The van der Waals surface area contributed by atoms with Crippen LogP contribution in [0.15, 0.2) is 23.1 Å². The molecule has 0 amide bonds. The van der Waals surface area contributed by atoms with Crippen LogP contribution in [0.5, 0.6) is 5.75 Å². The van der Waals surface area contributed by atoms with Gasteiger partial charge in [0.05, 0.1) is 12.9 Å². The molecule has 0 fully saturated rings. The molecule has 1 aromatic carbocycles. The van der Waals surface area contributed by atoms with E-state index in [1.54, 1.807) is 13.2 Å². The number of nitrogen functional groups attached to an aromatic ring is 1. The Morgan fingerprint density at radius 2 is 1.94 bits per heavy atom. The van der Waals surface area contributed by atoms with Crippen LogP contribution in [0.2, 0.25) is 0 Å². The van der Waals surface area contributed by atoms with Gasteiger partial charge in [-0.3, -0.25) is 0 Å². The maximum atomic E-state index is 12.1. The largest absolute Gasteiger partial charge is 0.495 e. The van der Waals surface area contributed by atoms with Crippen molar-refractivity contribution in [3.63, 3.8) is 0 Å². The Morgan fingerprint density at radius 3 is 2.56 bits per heavy atom. The second-order valence-electron chi connectivity index (χ2n) is 3.93. The van der Waals surface area contributed by atoms with Crippen LogP contribution in [0.1, 0.15) is 12.8 Å². The molecule has 2 N–H and O–H groups in total. The Morgan fingerprint density at radius 1 is 1.22 bits per heavy atom. The van der Waals surface area contributed by atoms with E-state index in [0.29, 0.717) is 30.9 Å². The minimum atomic E-state index is -3.34. The number of benzene rings is 1. The minimum absolute atomic E-state index is 0.0800. The van der Waals surface area contributed by atoms with Crippen molar-refractivity contribution < 1.29 is 17.9 Å². The van der Waals surface area contributed by atoms with Crippen molar-refractivity contribution in [2.45, 2.75) is 17.7 Å². The quantitative estimate of drug-likeness (QED) is 0.601. The predicted molar refractivity (Wildman–Crippen MR) is 70.6 cm³/mol. The Hall–Kier alpha value is -1.27. The van der Waals surface area contributed by atoms with Crippen LogP contribution in [0.4, 0.5) is 5.69 Å². The van der Waals surface area contributed by atoms with Gasteiger partial charge in [-0.2, -0.15) is 0 Å². The first-order valence-electron chi connectivity index (χ1n) is 5.66. The van der Waals surface area contributed by atoms with Crippen molar-refractivity contribution in [3.05, 3.63) is 18.2 Å². The first-order chi connectivity index (χ1) is 8.51. The normalized spacial score (nSPS) is 11.4. The molecule has 0 saturated heterocycles. The molecule has 0 aliphatic rings. The molecule has 5 nitrogen and oxygen atoms in total. The summed E-state index contributed by atoms with van der Waals surface area (Å²) >= 11 is 0. The summed E-state index contributed by atoms with van der Waals surface area (Å²) in [6.07, 6.45) is 1.27. The van der Waals surface area contributed by atoms with Crippen molar-refractivity contribution in [2.24, 2.45) is 0 Å². The van der Waals surface area contributed by atoms with E-state index in [1.165, 1.54) is 19.2 Å². The average Bonchev–Trinajstić information content (AvgIpc) is 2.34. The van der Waals surface area contributed by atoms with E-state index in [9.17, 15) is 8.42 Å². The number of anilines is 1. The lowest BCUT2D eigenvalue weighted by molar-refractivity contribution is 0.194. The molecular weight excluding hydrogens is 254 g/mol. The zero-order valence-electron chi connectivity index (χ0n) is 10.7. The van der Waals surface area contributed by atoms with E-state index < -0.39 is 9.84 Å². The summed E-state index contributed by atoms with van der Waals surface area (Å²) in [6, 6.07) is 4.56. The highest BCUT2D eigenvalue weighted by Gasteiger charge is 2.19. The molecule has 0 aliphatic heterocycles. The fourth-order valence-electron chi connectivity index (χ4n) is 1.59. The molecule has 0 unspecified atom stereocenters. The van der Waals surface area contributed by atoms with Gasteiger partial charge in [-0.25, -0.2) is 8.42 Å². The van der Waals surface area contributed by atoms with Gasteiger partial charge in [0, 0.05) is 25.5 Å². The number of unbranched alkanes of at least 4 members (excludes halogenated alkanes) is 1. The van der Waals surface area contributed by atoms with E-state index in [0.717, 1.165) is 0 Å². The third kappa shape index (κ3) is 3.89. The Kier molecular flexibility index (Phi) is 5.43. The summed E-state index contributed by atoms with van der Waals surface area (Å²) in [4.78, 5) is 0.191. The minimum Gasteiger partial charge on any atom is -0.495 e. The fraction of sp³-hybridized carbons (Fsp3) is 0.500. The smallest absolute Gasteiger partial charge is 0.182 e. The third-order valence-corrected chi connectivity index (χ3v) is 4.37. The number of rotatable bonds is 7.